The lowest BCUT2D eigenvalue weighted by molar-refractivity contribution is 0.0630. The third-order valence-corrected chi connectivity index (χ3v) is 10.4. The standard InChI is InChI=1S/C41H46N12O7/c1-23(2)28-19-29(31(55)20-30(28)54)35(42)53(40(44)58)26-7-5-24(6-8-26)38(57)51-16-14-50(15-17-51)12-4-18-60-32-10-9-27-33(34(32)59-3)48-41(52-13-11-45-36(27)52)49-37(56)25-21-46-39(43)47-22-25/h5-10,19-23,42,45,54-55H,4,11-18H2,1-3H3,(H2,44,58)(H2,43,46,47). The predicted molar refractivity (Wildman–Crippen MR) is 223 cm³/mol. The number of nitrogen functional groups attached to an aromatic ring is 1. The fourth-order valence-electron chi connectivity index (χ4n) is 7.26. The van der Waals surface area contributed by atoms with Crippen molar-refractivity contribution < 1.29 is 34.1 Å². The van der Waals surface area contributed by atoms with Crippen LogP contribution in [0.1, 0.15) is 58.0 Å². The molecule has 4 amide bonds. The zero-order valence-electron chi connectivity index (χ0n) is 33.4. The van der Waals surface area contributed by atoms with E-state index in [9.17, 15) is 24.6 Å². The normalized spacial score (nSPS) is 14.2. The van der Waals surface area contributed by atoms with Crippen molar-refractivity contribution in [1.82, 2.24) is 29.3 Å². The van der Waals surface area contributed by atoms with E-state index in [0.717, 1.165) is 28.7 Å². The van der Waals surface area contributed by atoms with Gasteiger partial charge in [0, 0.05) is 75.2 Å². The number of aromatic nitrogens is 4. The smallest absolute Gasteiger partial charge is 0.325 e. The van der Waals surface area contributed by atoms with E-state index in [1.165, 1.54) is 37.7 Å². The summed E-state index contributed by atoms with van der Waals surface area (Å²) in [5.41, 5.74) is 13.3. The van der Waals surface area contributed by atoms with Crippen molar-refractivity contribution in [3.05, 3.63) is 88.8 Å². The minimum absolute atomic E-state index is 0.0226. The summed E-state index contributed by atoms with van der Waals surface area (Å²) in [5, 5.41) is 33.6. The van der Waals surface area contributed by atoms with E-state index in [1.807, 2.05) is 30.5 Å². The number of carbonyl (C=O) groups excluding carboxylic acids is 3. The highest BCUT2D eigenvalue weighted by Gasteiger charge is 2.27. The summed E-state index contributed by atoms with van der Waals surface area (Å²) in [6, 6.07) is 11.6. The number of primary amides is 1. The van der Waals surface area contributed by atoms with E-state index >= 15 is 0 Å². The van der Waals surface area contributed by atoms with Gasteiger partial charge in [0.1, 0.15) is 28.7 Å². The van der Waals surface area contributed by atoms with Crippen molar-refractivity contribution in [3.63, 3.8) is 0 Å². The van der Waals surface area contributed by atoms with Gasteiger partial charge in [-0.05, 0) is 60.4 Å². The van der Waals surface area contributed by atoms with Gasteiger partial charge in [0.25, 0.3) is 11.8 Å². The van der Waals surface area contributed by atoms with Crippen LogP contribution in [0.4, 0.5) is 22.2 Å². The third-order valence-electron chi connectivity index (χ3n) is 10.4. The molecule has 0 unspecified atom stereocenters. The molecular weight excluding hydrogens is 773 g/mol. The Kier molecular flexibility index (Phi) is 11.8. The molecular formula is C41H46N12O7. The zero-order chi connectivity index (χ0) is 42.7. The van der Waals surface area contributed by atoms with Crippen molar-refractivity contribution in [2.75, 3.05) is 68.9 Å². The van der Waals surface area contributed by atoms with Crippen LogP contribution in [0.25, 0.3) is 10.9 Å². The van der Waals surface area contributed by atoms with Crippen LogP contribution < -0.4 is 36.8 Å². The fraction of sp³-hybridized carbons (Fsp3) is 0.317. The molecule has 1 fully saturated rings. The van der Waals surface area contributed by atoms with Crippen LogP contribution in [0.5, 0.6) is 23.0 Å². The number of hydrogen-bond donors (Lipinski definition) is 6. The van der Waals surface area contributed by atoms with Crippen molar-refractivity contribution in [3.8, 4) is 23.0 Å². The van der Waals surface area contributed by atoms with Crippen LogP contribution >= 0.6 is 0 Å². The third kappa shape index (κ3) is 8.33. The molecule has 7 rings (SSSR count). The molecule has 2 aromatic heterocycles. The van der Waals surface area contributed by atoms with Crippen LogP contribution in [0.15, 0.2) is 65.9 Å². The zero-order valence-corrected chi connectivity index (χ0v) is 33.4. The molecule has 1 saturated heterocycles. The van der Waals surface area contributed by atoms with Crippen molar-refractivity contribution in [1.29, 1.82) is 5.41 Å². The Balaban J connectivity index is 0.946. The van der Waals surface area contributed by atoms with Gasteiger partial charge in [-0.3, -0.25) is 24.5 Å². The molecule has 0 bridgehead atoms. The Labute approximate surface area is 344 Å². The molecule has 0 radical (unpaired) electrons. The van der Waals surface area contributed by atoms with Gasteiger partial charge in [-0.15, -0.1) is 0 Å². The molecule has 0 spiro atoms. The van der Waals surface area contributed by atoms with Gasteiger partial charge >= 0.3 is 6.03 Å². The molecule has 19 nitrogen and oxygen atoms in total. The van der Waals surface area contributed by atoms with Gasteiger partial charge in [0.05, 0.1) is 30.5 Å². The molecule has 5 aromatic rings. The number of carbonyl (C=O) groups is 3. The maximum absolute atomic E-state index is 13.5. The SMILES string of the molecule is COc1c(OCCCN2CCN(C(=O)c3ccc(N(C(=N)c4cc(C(C)C)c(O)cc4O)C(N)=O)cc3)CC2)ccc2c3n(c(=NC(=O)c4cnc(N)nc4)nc12)CCN3. The highest BCUT2D eigenvalue weighted by atomic mass is 16.5. The van der Waals surface area contributed by atoms with Crippen molar-refractivity contribution in [2.24, 2.45) is 10.7 Å². The van der Waals surface area contributed by atoms with E-state index in [-0.39, 0.29) is 57.5 Å². The van der Waals surface area contributed by atoms with E-state index in [0.29, 0.717) is 80.4 Å². The Morgan fingerprint density at radius 1 is 0.983 bits per heavy atom. The Morgan fingerprint density at radius 3 is 2.37 bits per heavy atom. The van der Waals surface area contributed by atoms with E-state index in [2.05, 4.69) is 25.2 Å². The van der Waals surface area contributed by atoms with Gasteiger partial charge in [0.2, 0.25) is 11.6 Å². The van der Waals surface area contributed by atoms with Gasteiger partial charge in [-0.25, -0.2) is 24.6 Å². The molecule has 19 heteroatoms. The minimum Gasteiger partial charge on any atom is -0.508 e. The second kappa shape index (κ2) is 17.3. The summed E-state index contributed by atoms with van der Waals surface area (Å²) in [4.78, 5) is 60.7. The molecule has 60 heavy (non-hydrogen) atoms. The summed E-state index contributed by atoms with van der Waals surface area (Å²) in [7, 11) is 1.54. The van der Waals surface area contributed by atoms with E-state index in [4.69, 9.17) is 31.3 Å². The van der Waals surface area contributed by atoms with Crippen molar-refractivity contribution in [2.45, 2.75) is 32.7 Å². The summed E-state index contributed by atoms with van der Waals surface area (Å²) in [5.74, 6) is 0.0283. The second-order valence-electron chi connectivity index (χ2n) is 14.6. The second-order valence-corrected chi connectivity index (χ2v) is 14.6. The number of benzene rings is 3. The maximum atomic E-state index is 13.5. The van der Waals surface area contributed by atoms with Crippen LogP contribution in [-0.4, -0.2) is 116 Å². The van der Waals surface area contributed by atoms with Gasteiger partial charge in [0.15, 0.2) is 11.5 Å². The number of anilines is 3. The summed E-state index contributed by atoms with van der Waals surface area (Å²) < 4.78 is 13.8. The Bertz CT molecular complexity index is 2530. The van der Waals surface area contributed by atoms with Crippen LogP contribution in [0, 0.1) is 5.41 Å². The molecule has 4 heterocycles. The fourth-order valence-corrected chi connectivity index (χ4v) is 7.26. The molecule has 0 atom stereocenters. The van der Waals surface area contributed by atoms with Gasteiger partial charge < -0.3 is 41.4 Å². The number of phenols is 2. The Hall–Kier alpha value is -7.28. The van der Waals surface area contributed by atoms with Crippen LogP contribution in [0.2, 0.25) is 0 Å². The quantitative estimate of drug-likeness (QED) is 0.0636. The highest BCUT2D eigenvalue weighted by molar-refractivity contribution is 6.22. The number of rotatable bonds is 11. The number of hydrogen-bond acceptors (Lipinski definition) is 14. The molecule has 0 saturated carbocycles. The molecule has 2 aliphatic rings. The number of nitrogens with one attached hydrogen (secondary N) is 2. The predicted octanol–water partition coefficient (Wildman–Crippen LogP) is 3.26. The number of ether oxygens (including phenoxy) is 2. The van der Waals surface area contributed by atoms with Gasteiger partial charge in [-0.1, -0.05) is 13.8 Å². The molecule has 3 aromatic carbocycles. The highest BCUT2D eigenvalue weighted by Crippen LogP contribution is 2.37. The number of nitrogens with zero attached hydrogens (tertiary/aromatic N) is 8. The lowest BCUT2D eigenvalue weighted by atomic mass is 9.98. The first kappa shape index (κ1) is 40.9. The Morgan fingerprint density at radius 2 is 1.70 bits per heavy atom. The van der Waals surface area contributed by atoms with Crippen molar-refractivity contribution >= 4 is 52.0 Å². The monoisotopic (exact) mass is 818 g/mol. The first-order chi connectivity index (χ1) is 28.8. The van der Waals surface area contributed by atoms with E-state index < -0.39 is 11.9 Å². The molecule has 312 valence electrons. The molecule has 2 aliphatic heterocycles. The minimum atomic E-state index is -0.949. The largest absolute Gasteiger partial charge is 0.508 e. The number of phenolic OH excluding ortho intramolecular Hbond substituents is 2. The number of aromatic hydroxyl groups is 2. The number of fused-ring (bicyclic) bond motifs is 3. The average Bonchev–Trinajstić information content (AvgIpc) is 3.73. The number of urea groups is 1. The average molecular weight is 819 g/mol. The van der Waals surface area contributed by atoms with E-state index in [1.54, 1.807) is 17.0 Å². The van der Waals surface area contributed by atoms with Crippen LogP contribution in [-0.2, 0) is 6.54 Å². The number of amidine groups is 1. The first-order valence-electron chi connectivity index (χ1n) is 19.4. The first-order valence-corrected chi connectivity index (χ1v) is 19.4. The van der Waals surface area contributed by atoms with Crippen LogP contribution in [0.3, 0.4) is 0 Å². The molecule has 8 N–H and O–H groups in total. The van der Waals surface area contributed by atoms with Gasteiger partial charge in [-0.2, -0.15) is 4.99 Å². The topological polar surface area (TPSA) is 264 Å². The molecule has 0 aliphatic carbocycles. The number of methoxy groups -OCH3 is 1. The number of nitrogens with two attached hydrogens (primary N) is 2. The lowest BCUT2D eigenvalue weighted by Crippen LogP contribution is -2.49. The summed E-state index contributed by atoms with van der Waals surface area (Å²) >= 11 is 0. The summed E-state index contributed by atoms with van der Waals surface area (Å²) in [6.45, 7) is 8.40. The number of piperazine rings is 1. The summed E-state index contributed by atoms with van der Waals surface area (Å²) in [6.07, 6.45) is 3.35. The lowest BCUT2D eigenvalue weighted by Gasteiger charge is -2.34. The number of amides is 4. The maximum Gasteiger partial charge on any atom is 0.325 e.